The molecular formula is C9H13N5OS. The zero-order chi connectivity index (χ0) is 11.5. The molecule has 0 amide bonds. The second-order valence-electron chi connectivity index (χ2n) is 3.39. The minimum absolute atomic E-state index is 0.591. The molecule has 0 atom stereocenters. The van der Waals surface area contributed by atoms with E-state index in [9.17, 15) is 0 Å². The number of imidazole rings is 1. The Morgan fingerprint density at radius 3 is 3.00 bits per heavy atom. The van der Waals surface area contributed by atoms with E-state index in [0.717, 1.165) is 11.5 Å². The first-order chi connectivity index (χ1) is 7.74. The molecule has 0 fully saturated rings. The van der Waals surface area contributed by atoms with Crippen LogP contribution in [-0.2, 0) is 18.3 Å². The molecule has 0 radical (unpaired) electrons. The number of hydrogen-bond donors (Lipinski definition) is 1. The van der Waals surface area contributed by atoms with E-state index in [0.29, 0.717) is 17.9 Å². The molecule has 0 bridgehead atoms. The van der Waals surface area contributed by atoms with Gasteiger partial charge in [0.05, 0.1) is 25.7 Å². The van der Waals surface area contributed by atoms with Gasteiger partial charge in [-0.3, -0.25) is 9.67 Å². The molecule has 0 aliphatic heterocycles. The summed E-state index contributed by atoms with van der Waals surface area (Å²) in [7, 11) is 3.58. The lowest BCUT2D eigenvalue weighted by Gasteiger charge is -2.05. The monoisotopic (exact) mass is 239 g/mol. The maximum Gasteiger partial charge on any atom is 0.195 e. The van der Waals surface area contributed by atoms with E-state index in [1.165, 1.54) is 0 Å². The van der Waals surface area contributed by atoms with E-state index in [1.807, 2.05) is 16.2 Å². The van der Waals surface area contributed by atoms with Crippen molar-refractivity contribution in [2.45, 2.75) is 6.54 Å². The van der Waals surface area contributed by atoms with E-state index >= 15 is 0 Å². The second kappa shape index (κ2) is 4.58. The first-order valence-electron chi connectivity index (χ1n) is 4.85. The quantitative estimate of drug-likeness (QED) is 0.808. The molecule has 2 heterocycles. The molecule has 0 aromatic carbocycles. The third kappa shape index (κ3) is 1.91. The fourth-order valence-corrected chi connectivity index (χ4v) is 1.70. The largest absolute Gasteiger partial charge is 0.383 e. The van der Waals surface area contributed by atoms with Crippen LogP contribution < -0.4 is 0 Å². The van der Waals surface area contributed by atoms with Crippen molar-refractivity contribution < 1.29 is 4.74 Å². The summed E-state index contributed by atoms with van der Waals surface area (Å²) in [5, 5.41) is 6.98. The number of ether oxygens (including phenoxy) is 1. The molecular weight excluding hydrogens is 226 g/mol. The van der Waals surface area contributed by atoms with Gasteiger partial charge < -0.3 is 9.30 Å². The van der Waals surface area contributed by atoms with Crippen LogP contribution in [0.5, 0.6) is 0 Å². The summed E-state index contributed by atoms with van der Waals surface area (Å²) in [6.45, 7) is 1.27. The number of nitrogens with zero attached hydrogens (tertiary/aromatic N) is 4. The van der Waals surface area contributed by atoms with Crippen molar-refractivity contribution in [1.82, 2.24) is 24.3 Å². The number of hydrogen-bond acceptors (Lipinski definition) is 4. The van der Waals surface area contributed by atoms with Crippen molar-refractivity contribution in [2.24, 2.45) is 7.05 Å². The Hall–Kier alpha value is -1.47. The van der Waals surface area contributed by atoms with Crippen LogP contribution in [0.4, 0.5) is 0 Å². The van der Waals surface area contributed by atoms with Gasteiger partial charge >= 0.3 is 0 Å². The molecule has 0 saturated heterocycles. The molecule has 0 aliphatic rings. The predicted molar refractivity (Wildman–Crippen MR) is 61.5 cm³/mol. The molecule has 2 aromatic heterocycles. The minimum atomic E-state index is 0.591. The zero-order valence-electron chi connectivity index (χ0n) is 9.17. The second-order valence-corrected chi connectivity index (χ2v) is 3.77. The normalized spacial score (nSPS) is 10.9. The van der Waals surface area contributed by atoms with Crippen molar-refractivity contribution in [1.29, 1.82) is 0 Å². The van der Waals surface area contributed by atoms with Crippen molar-refractivity contribution >= 4 is 12.2 Å². The van der Waals surface area contributed by atoms with Crippen LogP contribution in [0.25, 0.3) is 11.5 Å². The van der Waals surface area contributed by atoms with Crippen LogP contribution in [0.1, 0.15) is 0 Å². The van der Waals surface area contributed by atoms with E-state index < -0.39 is 0 Å². The first-order valence-corrected chi connectivity index (χ1v) is 5.25. The van der Waals surface area contributed by atoms with Gasteiger partial charge in [-0.25, -0.2) is 4.98 Å². The topological polar surface area (TPSA) is 60.7 Å². The van der Waals surface area contributed by atoms with Crippen LogP contribution in [0.15, 0.2) is 12.5 Å². The summed E-state index contributed by atoms with van der Waals surface area (Å²) in [5.74, 6) is 0.780. The molecule has 0 saturated carbocycles. The number of aromatic amines is 1. The summed E-state index contributed by atoms with van der Waals surface area (Å²) in [4.78, 5) is 4.06. The van der Waals surface area contributed by atoms with Gasteiger partial charge in [-0.15, -0.1) is 0 Å². The van der Waals surface area contributed by atoms with Crippen molar-refractivity contribution in [3.8, 4) is 11.5 Å². The lowest BCUT2D eigenvalue weighted by Crippen LogP contribution is -2.07. The Labute approximate surface area is 97.9 Å². The molecule has 0 spiro atoms. The third-order valence-electron chi connectivity index (χ3n) is 2.32. The molecule has 7 heteroatoms. The molecule has 2 aromatic rings. The lowest BCUT2D eigenvalue weighted by atomic mass is 10.4. The number of aromatic nitrogens is 5. The van der Waals surface area contributed by atoms with Gasteiger partial charge in [-0.05, 0) is 12.2 Å². The minimum Gasteiger partial charge on any atom is -0.383 e. The van der Waals surface area contributed by atoms with Gasteiger partial charge in [0.25, 0.3) is 0 Å². The van der Waals surface area contributed by atoms with Gasteiger partial charge in [-0.1, -0.05) is 0 Å². The molecule has 0 unspecified atom stereocenters. The molecule has 86 valence electrons. The fraction of sp³-hybridized carbons (Fsp3) is 0.444. The molecule has 6 nitrogen and oxygen atoms in total. The molecule has 16 heavy (non-hydrogen) atoms. The Morgan fingerprint density at radius 2 is 2.38 bits per heavy atom. The van der Waals surface area contributed by atoms with Gasteiger partial charge in [0, 0.05) is 14.2 Å². The molecule has 0 aliphatic carbocycles. The van der Waals surface area contributed by atoms with Crippen LogP contribution >= 0.6 is 12.2 Å². The van der Waals surface area contributed by atoms with E-state index in [4.69, 9.17) is 17.0 Å². The van der Waals surface area contributed by atoms with Gasteiger partial charge in [0.1, 0.15) is 5.69 Å². The average Bonchev–Trinajstić information content (AvgIpc) is 2.82. The lowest BCUT2D eigenvalue weighted by molar-refractivity contribution is 0.187. The zero-order valence-corrected chi connectivity index (χ0v) is 9.99. The highest BCUT2D eigenvalue weighted by Crippen LogP contribution is 2.15. The molecule has 1 N–H and O–H groups in total. The van der Waals surface area contributed by atoms with Crippen molar-refractivity contribution in [2.75, 3.05) is 13.7 Å². The maximum atomic E-state index is 5.16. The summed E-state index contributed by atoms with van der Waals surface area (Å²) in [5.41, 5.74) is 0.920. The highest BCUT2D eigenvalue weighted by Gasteiger charge is 2.11. The number of H-pyrrole nitrogens is 1. The van der Waals surface area contributed by atoms with Crippen molar-refractivity contribution in [3.63, 3.8) is 0 Å². The smallest absolute Gasteiger partial charge is 0.195 e. The predicted octanol–water partition coefficient (Wildman–Crippen LogP) is 0.988. The third-order valence-corrected chi connectivity index (χ3v) is 2.63. The van der Waals surface area contributed by atoms with Gasteiger partial charge in [0.2, 0.25) is 0 Å². The van der Waals surface area contributed by atoms with E-state index in [-0.39, 0.29) is 0 Å². The van der Waals surface area contributed by atoms with Gasteiger partial charge in [-0.2, -0.15) is 5.10 Å². The Kier molecular flexibility index (Phi) is 3.16. The Bertz CT molecular complexity index is 526. The summed E-state index contributed by atoms with van der Waals surface area (Å²) in [6, 6.07) is 0. The Balaban J connectivity index is 2.42. The van der Waals surface area contributed by atoms with E-state index in [2.05, 4.69) is 15.2 Å². The van der Waals surface area contributed by atoms with E-state index in [1.54, 1.807) is 19.6 Å². The number of nitrogens with one attached hydrogen (secondary N) is 1. The van der Waals surface area contributed by atoms with Crippen LogP contribution in [-0.4, -0.2) is 38.0 Å². The number of methoxy groups -OCH3 is 1. The standard InChI is InChI=1S/C9H13N5OS/c1-13-6-10-5-7(13)8-11-12-9(16)14(8)3-4-15-2/h5-6H,3-4H2,1-2H3,(H,12,16). The van der Waals surface area contributed by atoms with Gasteiger partial charge in [0.15, 0.2) is 10.6 Å². The van der Waals surface area contributed by atoms with Crippen molar-refractivity contribution in [3.05, 3.63) is 17.3 Å². The highest BCUT2D eigenvalue weighted by molar-refractivity contribution is 7.71. The SMILES string of the molecule is COCCn1c(-c2cncn2C)n[nH]c1=S. The van der Waals surface area contributed by atoms with Crippen LogP contribution in [0.3, 0.4) is 0 Å². The summed E-state index contributed by atoms with van der Waals surface area (Å²) in [6.07, 6.45) is 3.49. The van der Waals surface area contributed by atoms with Crippen LogP contribution in [0, 0.1) is 4.77 Å². The van der Waals surface area contributed by atoms with Crippen LogP contribution in [0.2, 0.25) is 0 Å². The first kappa shape index (κ1) is 11.0. The Morgan fingerprint density at radius 1 is 1.56 bits per heavy atom. The average molecular weight is 239 g/mol. The number of aryl methyl sites for hydroxylation is 1. The molecule has 2 rings (SSSR count). The fourth-order valence-electron chi connectivity index (χ4n) is 1.48. The maximum absolute atomic E-state index is 5.16. The number of rotatable bonds is 4. The summed E-state index contributed by atoms with van der Waals surface area (Å²) >= 11 is 5.16. The highest BCUT2D eigenvalue weighted by atomic mass is 32.1. The summed E-state index contributed by atoms with van der Waals surface area (Å²) < 4.78 is 9.43.